The molecule has 3 fully saturated rings. The number of carbonyl (C=O) groups excluding carboxylic acids is 3. The zero-order valence-electron chi connectivity index (χ0n) is 34.1. The van der Waals surface area contributed by atoms with Crippen LogP contribution in [0.3, 0.4) is 0 Å². The predicted octanol–water partition coefficient (Wildman–Crippen LogP) is 5.89. The number of alkyl halides is 3. The second-order valence-corrected chi connectivity index (χ2v) is 17.2. The summed E-state index contributed by atoms with van der Waals surface area (Å²) in [6.07, 6.45) is 4.42. The van der Waals surface area contributed by atoms with Crippen molar-refractivity contribution in [2.45, 2.75) is 95.1 Å². The number of carbonyl (C=O) groups is 3. The van der Waals surface area contributed by atoms with Crippen LogP contribution in [0.2, 0.25) is 0 Å². The van der Waals surface area contributed by atoms with Gasteiger partial charge in [-0.25, -0.2) is 4.79 Å². The SMILES string of the molecule is CN(C[C@H]1CC[C@H](n2cc3cc(NC(=O)c4ccc(C(F)(F)F)cn4)c(C(C)(C)O)cc3n2)CC1)C1CCN(c2cccc3c2n(C)c(=O)n3C2CCC(=O)NC2=O)CC1. The van der Waals surface area contributed by atoms with Crippen molar-refractivity contribution in [3.8, 4) is 0 Å². The Morgan fingerprint density at radius 3 is 2.38 bits per heavy atom. The lowest BCUT2D eigenvalue weighted by molar-refractivity contribution is -0.138. The second-order valence-electron chi connectivity index (χ2n) is 17.2. The van der Waals surface area contributed by atoms with Crippen LogP contribution >= 0.6 is 0 Å². The van der Waals surface area contributed by atoms with Crippen LogP contribution in [-0.2, 0) is 28.4 Å². The molecule has 1 aliphatic carbocycles. The summed E-state index contributed by atoms with van der Waals surface area (Å²) in [7, 11) is 3.95. The van der Waals surface area contributed by atoms with Crippen LogP contribution in [0.1, 0.15) is 98.9 Å². The molecule has 3 N–H and O–H groups in total. The summed E-state index contributed by atoms with van der Waals surface area (Å²) in [5.74, 6) is -0.920. The predicted molar refractivity (Wildman–Crippen MR) is 220 cm³/mol. The minimum Gasteiger partial charge on any atom is -0.386 e. The number of aliphatic hydroxyl groups is 1. The molecule has 5 heterocycles. The Kier molecular flexibility index (Phi) is 10.9. The third-order valence-electron chi connectivity index (χ3n) is 12.7. The number of para-hydroxylation sites is 1. The molecule has 2 saturated heterocycles. The van der Waals surface area contributed by atoms with Crippen LogP contribution in [-0.4, -0.2) is 84.4 Å². The summed E-state index contributed by atoms with van der Waals surface area (Å²) in [5, 5.41) is 21.8. The smallest absolute Gasteiger partial charge is 0.386 e. The number of aryl methyl sites for hydroxylation is 1. The number of amides is 3. The van der Waals surface area contributed by atoms with E-state index in [2.05, 4.69) is 32.5 Å². The van der Waals surface area contributed by atoms with Gasteiger partial charge in [-0.2, -0.15) is 18.3 Å². The molecule has 0 bridgehead atoms. The lowest BCUT2D eigenvalue weighted by atomic mass is 9.85. The van der Waals surface area contributed by atoms with Crippen LogP contribution in [0.5, 0.6) is 0 Å². The zero-order valence-corrected chi connectivity index (χ0v) is 34.1. The molecule has 60 heavy (non-hydrogen) atoms. The summed E-state index contributed by atoms with van der Waals surface area (Å²) in [6.45, 7) is 5.84. The Morgan fingerprint density at radius 2 is 1.73 bits per heavy atom. The number of nitrogens with one attached hydrogen (secondary N) is 2. The number of imide groups is 1. The van der Waals surface area contributed by atoms with E-state index in [1.54, 1.807) is 37.6 Å². The Hall–Kier alpha value is -5.55. The molecule has 1 saturated carbocycles. The molecule has 2 aromatic carbocycles. The topological polar surface area (TPSA) is 160 Å². The lowest BCUT2D eigenvalue weighted by Crippen LogP contribution is -2.45. The van der Waals surface area contributed by atoms with E-state index in [0.29, 0.717) is 46.9 Å². The average molecular weight is 830 g/mol. The monoisotopic (exact) mass is 829 g/mol. The minimum atomic E-state index is -4.57. The average Bonchev–Trinajstić information content (AvgIpc) is 3.74. The van der Waals surface area contributed by atoms with Gasteiger partial charge in [-0.3, -0.25) is 38.5 Å². The van der Waals surface area contributed by atoms with Gasteiger partial charge in [-0.05, 0) is 108 Å². The highest BCUT2D eigenvalue weighted by Crippen LogP contribution is 2.37. The van der Waals surface area contributed by atoms with Crippen molar-refractivity contribution in [2.24, 2.45) is 13.0 Å². The molecule has 5 aromatic rings. The van der Waals surface area contributed by atoms with Crippen molar-refractivity contribution in [2.75, 3.05) is 36.9 Å². The molecule has 1 unspecified atom stereocenters. The molecule has 8 rings (SSSR count). The molecule has 3 aliphatic rings. The number of aromatic nitrogens is 5. The summed E-state index contributed by atoms with van der Waals surface area (Å²) >= 11 is 0. The Labute approximate surface area is 344 Å². The van der Waals surface area contributed by atoms with Crippen molar-refractivity contribution in [1.82, 2.24) is 34.1 Å². The van der Waals surface area contributed by atoms with Gasteiger partial charge in [0.1, 0.15) is 11.7 Å². The maximum atomic E-state index is 13.5. The molecule has 0 spiro atoms. The fourth-order valence-electron chi connectivity index (χ4n) is 9.37. The van der Waals surface area contributed by atoms with Gasteiger partial charge in [0.05, 0.1) is 39.4 Å². The minimum absolute atomic E-state index is 0.184. The van der Waals surface area contributed by atoms with Gasteiger partial charge in [0, 0.05) is 68.2 Å². The third-order valence-corrected chi connectivity index (χ3v) is 12.7. The molecule has 0 radical (unpaired) electrons. The number of anilines is 2. The van der Waals surface area contributed by atoms with E-state index in [0.717, 1.165) is 86.9 Å². The van der Waals surface area contributed by atoms with E-state index >= 15 is 0 Å². The van der Waals surface area contributed by atoms with E-state index in [1.807, 2.05) is 29.1 Å². The molecular formula is C43H50F3N9O5. The number of fused-ring (bicyclic) bond motifs is 2. The molecule has 3 amide bonds. The first-order valence-corrected chi connectivity index (χ1v) is 20.6. The fraction of sp³-hybridized carbons (Fsp3) is 0.488. The molecule has 14 nitrogen and oxygen atoms in total. The van der Waals surface area contributed by atoms with Crippen LogP contribution in [0, 0.1) is 5.92 Å². The summed E-state index contributed by atoms with van der Waals surface area (Å²) in [5.41, 5.74) is 1.10. The number of hydrogen-bond donors (Lipinski definition) is 3. The van der Waals surface area contributed by atoms with Gasteiger partial charge in [0.15, 0.2) is 0 Å². The van der Waals surface area contributed by atoms with Crippen LogP contribution in [0.15, 0.2) is 59.7 Å². The standard InChI is InChI=1S/C43H50F3N9O5/c1-42(2,60)30-21-32-26(20-33(30)48-39(57)31-13-10-27(22-47-31)43(44,45)46)24-54(50-32)29-11-8-25(9-12-29)23-51(3)28-16-18-53(19-17-28)34-6-5-7-35-38(34)52(4)41(59)55(35)36-14-15-37(56)49-40(36)58/h5-7,10,13,20-22,24-25,28-29,36,60H,8-9,11-12,14-19,23H2,1-4H3,(H,48,57)(H,49,56,58)/t25-,29-,36?. The first kappa shape index (κ1) is 41.2. The number of imidazole rings is 1. The Bertz CT molecular complexity index is 2500. The molecule has 17 heteroatoms. The Balaban J connectivity index is 0.879. The maximum Gasteiger partial charge on any atom is 0.417 e. The highest BCUT2D eigenvalue weighted by Gasteiger charge is 2.34. The van der Waals surface area contributed by atoms with E-state index in [4.69, 9.17) is 5.10 Å². The van der Waals surface area contributed by atoms with Gasteiger partial charge in [0.2, 0.25) is 11.8 Å². The molecule has 3 aromatic heterocycles. The van der Waals surface area contributed by atoms with Gasteiger partial charge in [-0.15, -0.1) is 0 Å². The maximum absolute atomic E-state index is 13.5. The van der Waals surface area contributed by atoms with Crippen LogP contribution in [0.4, 0.5) is 24.5 Å². The quantitative estimate of drug-likeness (QED) is 0.154. The highest BCUT2D eigenvalue weighted by molar-refractivity contribution is 6.04. The van der Waals surface area contributed by atoms with Crippen molar-refractivity contribution in [3.05, 3.63) is 82.2 Å². The fourth-order valence-corrected chi connectivity index (χ4v) is 9.37. The lowest BCUT2D eigenvalue weighted by Gasteiger charge is -2.40. The largest absolute Gasteiger partial charge is 0.417 e. The number of pyridine rings is 1. The highest BCUT2D eigenvalue weighted by atomic mass is 19.4. The van der Waals surface area contributed by atoms with E-state index < -0.39 is 35.2 Å². The first-order valence-electron chi connectivity index (χ1n) is 20.6. The van der Waals surface area contributed by atoms with Gasteiger partial charge < -0.3 is 20.2 Å². The van der Waals surface area contributed by atoms with Crippen LogP contribution in [0.25, 0.3) is 21.9 Å². The molecule has 318 valence electrons. The number of nitrogens with zero attached hydrogens (tertiary/aromatic N) is 7. The number of benzene rings is 2. The number of halogens is 3. The van der Waals surface area contributed by atoms with Gasteiger partial charge in [-0.1, -0.05) is 6.07 Å². The molecular weight excluding hydrogens is 780 g/mol. The Morgan fingerprint density at radius 1 is 1.00 bits per heavy atom. The summed E-state index contributed by atoms with van der Waals surface area (Å²) in [6, 6.07) is 11.0. The van der Waals surface area contributed by atoms with Gasteiger partial charge in [0.25, 0.3) is 5.91 Å². The summed E-state index contributed by atoms with van der Waals surface area (Å²) in [4.78, 5) is 59.6. The normalized spacial score (nSPS) is 20.9. The first-order chi connectivity index (χ1) is 28.5. The van der Waals surface area contributed by atoms with E-state index in [1.165, 1.54) is 4.57 Å². The second kappa shape index (κ2) is 15.8. The number of piperidine rings is 2. The van der Waals surface area contributed by atoms with Crippen molar-refractivity contribution in [3.63, 3.8) is 0 Å². The van der Waals surface area contributed by atoms with E-state index in [9.17, 15) is 37.5 Å². The van der Waals surface area contributed by atoms with Gasteiger partial charge >= 0.3 is 11.9 Å². The van der Waals surface area contributed by atoms with Crippen molar-refractivity contribution in [1.29, 1.82) is 0 Å². The molecule has 2 aliphatic heterocycles. The van der Waals surface area contributed by atoms with Crippen molar-refractivity contribution < 1.29 is 32.7 Å². The van der Waals surface area contributed by atoms with Crippen LogP contribution < -0.4 is 21.2 Å². The summed E-state index contributed by atoms with van der Waals surface area (Å²) < 4.78 is 44.2. The number of hydrogen-bond acceptors (Lipinski definition) is 9. The number of rotatable bonds is 9. The molecule has 1 atom stereocenters. The third kappa shape index (κ3) is 8.04. The van der Waals surface area contributed by atoms with Crippen molar-refractivity contribution >= 4 is 51.0 Å². The van der Waals surface area contributed by atoms with E-state index in [-0.39, 0.29) is 29.8 Å². The zero-order chi connectivity index (χ0) is 42.7.